The second kappa shape index (κ2) is 10.5. The van der Waals surface area contributed by atoms with Crippen LogP contribution in [0.25, 0.3) is 17.3 Å². The van der Waals surface area contributed by atoms with Crippen molar-refractivity contribution in [1.82, 2.24) is 20.3 Å². The molecule has 160 valence electrons. The highest BCUT2D eigenvalue weighted by Crippen LogP contribution is 2.25. The first-order valence-electron chi connectivity index (χ1n) is 10.1. The van der Waals surface area contributed by atoms with E-state index in [0.717, 1.165) is 33.1 Å². The van der Waals surface area contributed by atoms with Gasteiger partial charge in [0.05, 0.1) is 11.7 Å². The molecule has 1 atom stereocenters. The highest BCUT2D eigenvalue weighted by molar-refractivity contribution is 7.10. The van der Waals surface area contributed by atoms with Crippen molar-refractivity contribution >= 4 is 23.3 Å². The highest BCUT2D eigenvalue weighted by Gasteiger charge is 2.13. The summed E-state index contributed by atoms with van der Waals surface area (Å²) in [6.07, 6.45) is 10.3. The number of carbonyl (C=O) groups is 1. The Labute approximate surface area is 190 Å². The molecule has 0 fully saturated rings. The second-order valence-corrected chi connectivity index (χ2v) is 7.98. The van der Waals surface area contributed by atoms with Crippen LogP contribution in [-0.2, 0) is 11.4 Å². The number of nitrogens with zero attached hydrogens (tertiary/aromatic N) is 3. The third-order valence-corrected chi connectivity index (χ3v) is 5.69. The van der Waals surface area contributed by atoms with Crippen LogP contribution in [0.5, 0.6) is 5.75 Å². The van der Waals surface area contributed by atoms with Gasteiger partial charge in [-0.25, -0.2) is 4.98 Å². The van der Waals surface area contributed by atoms with Gasteiger partial charge in [0, 0.05) is 47.4 Å². The summed E-state index contributed by atoms with van der Waals surface area (Å²) >= 11 is 1.53. The van der Waals surface area contributed by atoms with Crippen LogP contribution in [0.15, 0.2) is 84.8 Å². The maximum Gasteiger partial charge on any atom is 0.244 e. The molecule has 4 rings (SSSR count). The van der Waals surface area contributed by atoms with Crippen LogP contribution in [-0.4, -0.2) is 20.9 Å². The van der Waals surface area contributed by atoms with Crippen molar-refractivity contribution in [2.24, 2.45) is 0 Å². The fraction of sp³-hybridized carbons (Fsp3) is 0.120. The van der Waals surface area contributed by atoms with E-state index in [9.17, 15) is 4.79 Å². The van der Waals surface area contributed by atoms with E-state index >= 15 is 0 Å². The lowest BCUT2D eigenvalue weighted by Gasteiger charge is -2.09. The van der Waals surface area contributed by atoms with Crippen LogP contribution in [0, 0.1) is 0 Å². The summed E-state index contributed by atoms with van der Waals surface area (Å²) in [5.41, 5.74) is 3.81. The largest absolute Gasteiger partial charge is 0.489 e. The zero-order valence-corrected chi connectivity index (χ0v) is 18.3. The fourth-order valence-corrected chi connectivity index (χ4v) is 3.80. The topological polar surface area (TPSA) is 77.0 Å². The monoisotopic (exact) mass is 442 g/mol. The minimum absolute atomic E-state index is 0.171. The van der Waals surface area contributed by atoms with Crippen molar-refractivity contribution in [3.8, 4) is 17.0 Å². The number of aromatic nitrogens is 3. The number of benzene rings is 1. The number of amides is 1. The lowest BCUT2D eigenvalue weighted by Crippen LogP contribution is -2.24. The van der Waals surface area contributed by atoms with Crippen molar-refractivity contribution in [2.45, 2.75) is 19.6 Å². The van der Waals surface area contributed by atoms with Gasteiger partial charge >= 0.3 is 0 Å². The van der Waals surface area contributed by atoms with Crippen molar-refractivity contribution in [2.75, 3.05) is 0 Å². The summed E-state index contributed by atoms with van der Waals surface area (Å²) in [6, 6.07) is 15.1. The Morgan fingerprint density at radius 3 is 2.66 bits per heavy atom. The molecule has 0 bridgehead atoms. The summed E-state index contributed by atoms with van der Waals surface area (Å²) in [4.78, 5) is 25.1. The Morgan fingerprint density at radius 2 is 1.91 bits per heavy atom. The number of rotatable bonds is 8. The molecule has 6 nitrogen and oxygen atoms in total. The quantitative estimate of drug-likeness (QED) is 0.386. The van der Waals surface area contributed by atoms with E-state index in [1.807, 2.05) is 60.8 Å². The predicted octanol–water partition coefficient (Wildman–Crippen LogP) is 5.07. The van der Waals surface area contributed by atoms with E-state index in [-0.39, 0.29) is 11.9 Å². The molecular weight excluding hydrogens is 420 g/mol. The molecule has 0 aliphatic rings. The minimum atomic E-state index is -0.184. The number of hydrogen-bond donors (Lipinski definition) is 1. The Hall–Kier alpha value is -3.84. The number of thiazole rings is 1. The number of hydrogen-bond acceptors (Lipinski definition) is 6. The first kappa shape index (κ1) is 21.4. The summed E-state index contributed by atoms with van der Waals surface area (Å²) in [6.45, 7) is 2.39. The third-order valence-electron chi connectivity index (χ3n) is 4.66. The standard InChI is InChI=1S/C25H22N4O2S/c1-18(25-29-23(17-32-25)21-10-13-26-14-11-21)28-24(30)9-6-19-4-7-22(8-5-19)31-16-20-3-2-12-27-15-20/h2-15,17-18H,16H2,1H3,(H,28,30). The average Bonchev–Trinajstić information content (AvgIpc) is 3.34. The molecule has 7 heteroatoms. The van der Waals surface area contributed by atoms with E-state index in [4.69, 9.17) is 4.74 Å². The molecule has 0 saturated heterocycles. The van der Waals surface area contributed by atoms with Crippen molar-refractivity contribution in [3.63, 3.8) is 0 Å². The number of pyridine rings is 2. The van der Waals surface area contributed by atoms with Crippen LogP contribution in [0.1, 0.15) is 29.1 Å². The second-order valence-electron chi connectivity index (χ2n) is 7.09. The van der Waals surface area contributed by atoms with Crippen molar-refractivity contribution in [1.29, 1.82) is 0 Å². The van der Waals surface area contributed by atoms with Crippen LogP contribution in [0.4, 0.5) is 0 Å². The smallest absolute Gasteiger partial charge is 0.244 e. The Balaban J connectivity index is 1.29. The Morgan fingerprint density at radius 1 is 1.09 bits per heavy atom. The summed E-state index contributed by atoms with van der Waals surface area (Å²) in [5.74, 6) is 0.591. The van der Waals surface area contributed by atoms with E-state index < -0.39 is 0 Å². The van der Waals surface area contributed by atoms with E-state index in [0.29, 0.717) is 6.61 Å². The molecule has 1 N–H and O–H groups in total. The number of carbonyl (C=O) groups excluding carboxylic acids is 1. The molecular formula is C25H22N4O2S. The van der Waals surface area contributed by atoms with Crippen LogP contribution >= 0.6 is 11.3 Å². The summed E-state index contributed by atoms with van der Waals surface area (Å²) < 4.78 is 5.76. The lowest BCUT2D eigenvalue weighted by molar-refractivity contribution is -0.117. The third kappa shape index (κ3) is 5.86. The van der Waals surface area contributed by atoms with Gasteiger partial charge in [-0.1, -0.05) is 18.2 Å². The molecule has 0 spiro atoms. The van der Waals surface area contributed by atoms with Gasteiger partial charge in [0.1, 0.15) is 17.4 Å². The first-order valence-corrected chi connectivity index (χ1v) is 11.0. The van der Waals surface area contributed by atoms with Crippen molar-refractivity contribution < 1.29 is 9.53 Å². The van der Waals surface area contributed by atoms with Crippen LogP contribution in [0.3, 0.4) is 0 Å². The highest BCUT2D eigenvalue weighted by atomic mass is 32.1. The molecule has 3 heterocycles. The zero-order chi connectivity index (χ0) is 22.2. The van der Waals surface area contributed by atoms with Gasteiger partial charge < -0.3 is 10.1 Å². The molecule has 1 aromatic carbocycles. The maximum atomic E-state index is 12.3. The van der Waals surface area contributed by atoms with Gasteiger partial charge in [0.15, 0.2) is 0 Å². The van der Waals surface area contributed by atoms with E-state index in [1.165, 1.54) is 17.4 Å². The Bertz CT molecular complexity index is 1180. The van der Waals surface area contributed by atoms with Gasteiger partial charge in [0.25, 0.3) is 0 Å². The SMILES string of the molecule is CC(NC(=O)C=Cc1ccc(OCc2cccnc2)cc1)c1nc(-c2ccncc2)cs1. The molecule has 0 aliphatic heterocycles. The van der Waals surface area contributed by atoms with Gasteiger partial charge in [-0.05, 0) is 48.9 Å². The van der Waals surface area contributed by atoms with Gasteiger partial charge in [-0.2, -0.15) is 0 Å². The molecule has 4 aromatic rings. The summed E-state index contributed by atoms with van der Waals surface area (Å²) in [7, 11) is 0. The van der Waals surface area contributed by atoms with Gasteiger partial charge in [-0.15, -0.1) is 11.3 Å². The summed E-state index contributed by atoms with van der Waals surface area (Å²) in [5, 5.41) is 5.80. The Kier molecular flexibility index (Phi) is 6.99. The minimum Gasteiger partial charge on any atom is -0.489 e. The number of ether oxygens (including phenoxy) is 1. The molecule has 1 unspecified atom stereocenters. The lowest BCUT2D eigenvalue weighted by atomic mass is 10.2. The molecule has 1 amide bonds. The first-order chi connectivity index (χ1) is 15.7. The van der Waals surface area contributed by atoms with Crippen LogP contribution in [0.2, 0.25) is 0 Å². The average molecular weight is 443 g/mol. The molecule has 0 saturated carbocycles. The maximum absolute atomic E-state index is 12.3. The molecule has 0 aliphatic carbocycles. The zero-order valence-electron chi connectivity index (χ0n) is 17.5. The van der Waals surface area contributed by atoms with Crippen LogP contribution < -0.4 is 10.1 Å². The van der Waals surface area contributed by atoms with Gasteiger partial charge in [-0.3, -0.25) is 14.8 Å². The fourth-order valence-electron chi connectivity index (χ4n) is 2.96. The van der Waals surface area contributed by atoms with Crippen molar-refractivity contribution in [3.05, 3.63) is 101 Å². The van der Waals surface area contributed by atoms with E-state index in [2.05, 4.69) is 20.3 Å². The normalized spacial score (nSPS) is 11.9. The molecule has 32 heavy (non-hydrogen) atoms. The van der Waals surface area contributed by atoms with Gasteiger partial charge in [0.2, 0.25) is 5.91 Å². The molecule has 3 aromatic heterocycles. The number of nitrogens with one attached hydrogen (secondary N) is 1. The molecule has 0 radical (unpaired) electrons. The van der Waals surface area contributed by atoms with E-state index in [1.54, 1.807) is 30.9 Å². The predicted molar refractivity (Wildman–Crippen MR) is 126 cm³/mol.